The van der Waals surface area contributed by atoms with E-state index in [9.17, 15) is 4.79 Å². The van der Waals surface area contributed by atoms with Crippen molar-refractivity contribution in [1.29, 1.82) is 0 Å². The quantitative estimate of drug-likeness (QED) is 0.345. The van der Waals surface area contributed by atoms with E-state index in [1.807, 2.05) is 0 Å². The average Bonchev–Trinajstić information content (AvgIpc) is 2.34. The lowest BCUT2D eigenvalue weighted by Gasteiger charge is -2.14. The first-order chi connectivity index (χ1) is 8.49. The van der Waals surface area contributed by atoms with Crippen LogP contribution in [-0.4, -0.2) is 17.0 Å². The van der Waals surface area contributed by atoms with E-state index in [-0.39, 0.29) is 5.84 Å². The first-order valence-electron chi connectivity index (χ1n) is 5.23. The minimum atomic E-state index is -0.718. The average molecular weight is 290 g/mol. The smallest absolute Gasteiger partial charge is 0.235 e. The van der Waals surface area contributed by atoms with Gasteiger partial charge in [-0.3, -0.25) is 4.79 Å². The molecule has 0 aliphatic carbocycles. The van der Waals surface area contributed by atoms with Gasteiger partial charge in [0.1, 0.15) is 0 Å². The van der Waals surface area contributed by atoms with E-state index in [2.05, 4.69) is 10.5 Å². The zero-order valence-electron chi connectivity index (χ0n) is 9.65. The highest BCUT2D eigenvalue weighted by molar-refractivity contribution is 6.35. The zero-order valence-corrected chi connectivity index (χ0v) is 11.2. The van der Waals surface area contributed by atoms with Crippen molar-refractivity contribution in [2.75, 3.05) is 5.32 Å². The Balaban J connectivity index is 2.89. The molecule has 0 saturated heterocycles. The molecule has 0 bridgehead atoms. The zero-order chi connectivity index (χ0) is 13.7. The molecule has 1 aromatic rings. The normalized spacial score (nSPS) is 13.2. The Bertz CT molecular complexity index is 477. The van der Waals surface area contributed by atoms with Crippen molar-refractivity contribution in [2.45, 2.75) is 13.3 Å². The maximum atomic E-state index is 11.9. The van der Waals surface area contributed by atoms with E-state index in [0.717, 1.165) is 0 Å². The Morgan fingerprint density at radius 2 is 2.22 bits per heavy atom. The minimum Gasteiger partial charge on any atom is -0.409 e. The molecular formula is C11H13Cl2N3O2. The predicted molar refractivity (Wildman–Crippen MR) is 72.3 cm³/mol. The van der Waals surface area contributed by atoms with Crippen LogP contribution in [0, 0.1) is 5.92 Å². The minimum absolute atomic E-state index is 0.145. The van der Waals surface area contributed by atoms with Gasteiger partial charge < -0.3 is 16.3 Å². The number of carbonyl (C=O) groups is 1. The summed E-state index contributed by atoms with van der Waals surface area (Å²) in [5.41, 5.74) is 5.82. The fourth-order valence-electron chi connectivity index (χ4n) is 1.41. The van der Waals surface area contributed by atoms with Gasteiger partial charge in [-0.25, -0.2) is 0 Å². The molecule has 4 N–H and O–H groups in total. The molecule has 0 aliphatic rings. The lowest BCUT2D eigenvalue weighted by Crippen LogP contribution is -2.34. The molecule has 0 radical (unpaired) electrons. The second kappa shape index (κ2) is 6.47. The summed E-state index contributed by atoms with van der Waals surface area (Å²) in [6, 6.07) is 4.71. The number of rotatable bonds is 4. The van der Waals surface area contributed by atoms with Crippen molar-refractivity contribution < 1.29 is 10.0 Å². The molecule has 0 saturated carbocycles. The van der Waals surface area contributed by atoms with Gasteiger partial charge >= 0.3 is 0 Å². The summed E-state index contributed by atoms with van der Waals surface area (Å²) in [6.07, 6.45) is 0.403. The molecule has 0 aromatic heterocycles. The molecule has 0 aliphatic heterocycles. The van der Waals surface area contributed by atoms with E-state index in [1.54, 1.807) is 19.1 Å². The number of carbonyl (C=O) groups excluding carboxylic acids is 1. The number of hydrogen-bond donors (Lipinski definition) is 3. The second-order valence-corrected chi connectivity index (χ2v) is 4.44. The molecule has 0 fully saturated rings. The topological polar surface area (TPSA) is 87.7 Å². The van der Waals surface area contributed by atoms with E-state index in [4.69, 9.17) is 34.1 Å². The number of amides is 1. The highest BCUT2D eigenvalue weighted by atomic mass is 35.5. The van der Waals surface area contributed by atoms with Crippen LogP contribution in [0.1, 0.15) is 13.3 Å². The summed E-state index contributed by atoms with van der Waals surface area (Å²) in [5.74, 6) is -1.27. The maximum absolute atomic E-state index is 11.9. The molecule has 1 aromatic carbocycles. The lowest BCUT2D eigenvalue weighted by molar-refractivity contribution is -0.118. The number of oxime groups is 1. The molecule has 1 rings (SSSR count). The third-order valence-electron chi connectivity index (χ3n) is 2.38. The van der Waals surface area contributed by atoms with Crippen LogP contribution in [0.15, 0.2) is 23.4 Å². The van der Waals surface area contributed by atoms with Gasteiger partial charge in [0.2, 0.25) is 5.91 Å². The number of nitrogens with one attached hydrogen (secondary N) is 1. The van der Waals surface area contributed by atoms with Gasteiger partial charge in [-0.05, 0) is 24.6 Å². The molecule has 1 atom stereocenters. The van der Waals surface area contributed by atoms with Gasteiger partial charge in [0.05, 0.1) is 16.6 Å². The molecular weight excluding hydrogens is 277 g/mol. The van der Waals surface area contributed by atoms with Crippen LogP contribution in [-0.2, 0) is 4.79 Å². The van der Waals surface area contributed by atoms with Crippen molar-refractivity contribution in [3.05, 3.63) is 28.2 Å². The van der Waals surface area contributed by atoms with Crippen LogP contribution in [0.5, 0.6) is 0 Å². The molecule has 98 valence electrons. The number of nitrogens with zero attached hydrogens (tertiary/aromatic N) is 1. The van der Waals surface area contributed by atoms with E-state index in [0.29, 0.717) is 22.2 Å². The first-order valence-corrected chi connectivity index (χ1v) is 5.98. The van der Waals surface area contributed by atoms with E-state index in [1.165, 1.54) is 6.07 Å². The number of benzene rings is 1. The van der Waals surface area contributed by atoms with Crippen LogP contribution in [0.4, 0.5) is 5.69 Å². The van der Waals surface area contributed by atoms with Crippen molar-refractivity contribution in [3.63, 3.8) is 0 Å². The van der Waals surface area contributed by atoms with Gasteiger partial charge in [-0.15, -0.1) is 0 Å². The summed E-state index contributed by atoms with van der Waals surface area (Å²) in [5, 5.41) is 14.8. The van der Waals surface area contributed by atoms with Crippen molar-refractivity contribution in [1.82, 2.24) is 0 Å². The Labute approximate surface area is 115 Å². The van der Waals surface area contributed by atoms with Crippen LogP contribution in [0.3, 0.4) is 0 Å². The molecule has 1 amide bonds. The van der Waals surface area contributed by atoms with Gasteiger partial charge in [0.25, 0.3) is 0 Å². The fourth-order valence-corrected chi connectivity index (χ4v) is 1.75. The Hall–Kier alpha value is -1.46. The SMILES string of the molecule is CCC(C(=O)Nc1cc(Cl)ccc1Cl)C(N)=NO. The number of nitrogens with two attached hydrogens (primary N) is 1. The highest BCUT2D eigenvalue weighted by Crippen LogP contribution is 2.26. The molecule has 0 heterocycles. The molecule has 5 nitrogen and oxygen atoms in total. The van der Waals surface area contributed by atoms with Crippen LogP contribution >= 0.6 is 23.2 Å². The third kappa shape index (κ3) is 3.51. The standard InChI is InChI=1S/C11H13Cl2N3O2/c1-2-7(10(14)16-18)11(17)15-9-5-6(12)3-4-8(9)13/h3-5,7,18H,2H2,1H3,(H2,14,16)(H,15,17). The number of amidine groups is 1. The molecule has 7 heteroatoms. The summed E-state index contributed by atoms with van der Waals surface area (Å²) < 4.78 is 0. The lowest BCUT2D eigenvalue weighted by atomic mass is 10.0. The first kappa shape index (κ1) is 14.6. The van der Waals surface area contributed by atoms with E-state index < -0.39 is 11.8 Å². The summed E-state index contributed by atoms with van der Waals surface area (Å²) in [7, 11) is 0. The van der Waals surface area contributed by atoms with E-state index >= 15 is 0 Å². The summed E-state index contributed by atoms with van der Waals surface area (Å²) >= 11 is 11.7. The number of anilines is 1. The van der Waals surface area contributed by atoms with Crippen molar-refractivity contribution >= 4 is 40.6 Å². The molecule has 18 heavy (non-hydrogen) atoms. The number of hydrogen-bond acceptors (Lipinski definition) is 3. The summed E-state index contributed by atoms with van der Waals surface area (Å²) in [4.78, 5) is 11.9. The van der Waals surface area contributed by atoms with Crippen molar-refractivity contribution in [2.24, 2.45) is 16.8 Å². The van der Waals surface area contributed by atoms with Gasteiger partial charge in [-0.2, -0.15) is 0 Å². The Morgan fingerprint density at radius 1 is 1.56 bits per heavy atom. The number of halogens is 2. The maximum Gasteiger partial charge on any atom is 0.235 e. The van der Waals surface area contributed by atoms with Gasteiger partial charge in [-0.1, -0.05) is 35.3 Å². The predicted octanol–water partition coefficient (Wildman–Crippen LogP) is 2.70. The van der Waals surface area contributed by atoms with Crippen molar-refractivity contribution in [3.8, 4) is 0 Å². The summed E-state index contributed by atoms with van der Waals surface area (Å²) in [6.45, 7) is 1.75. The fraction of sp³-hybridized carbons (Fsp3) is 0.273. The molecule has 1 unspecified atom stereocenters. The van der Waals surface area contributed by atoms with Crippen LogP contribution < -0.4 is 11.1 Å². The van der Waals surface area contributed by atoms with Crippen LogP contribution in [0.25, 0.3) is 0 Å². The Kier molecular flexibility index (Phi) is 5.25. The van der Waals surface area contributed by atoms with Gasteiger partial charge in [0.15, 0.2) is 5.84 Å². The Morgan fingerprint density at radius 3 is 2.78 bits per heavy atom. The largest absolute Gasteiger partial charge is 0.409 e. The van der Waals surface area contributed by atoms with Crippen LogP contribution in [0.2, 0.25) is 10.0 Å². The molecule has 0 spiro atoms. The second-order valence-electron chi connectivity index (χ2n) is 3.60. The highest BCUT2D eigenvalue weighted by Gasteiger charge is 2.21. The third-order valence-corrected chi connectivity index (χ3v) is 2.95. The monoisotopic (exact) mass is 289 g/mol. The van der Waals surface area contributed by atoms with Gasteiger partial charge in [0, 0.05) is 5.02 Å².